The maximum atomic E-state index is 10.6. The van der Waals surface area contributed by atoms with Gasteiger partial charge in [0.25, 0.3) is 0 Å². The Balaban J connectivity index is 0.000000381. The van der Waals surface area contributed by atoms with Gasteiger partial charge in [-0.15, -0.1) is 0 Å². The van der Waals surface area contributed by atoms with Crippen LogP contribution in [0.3, 0.4) is 0 Å². The standard InChI is InChI=1S/C15H21N3.C2HF3O2/c16-10-12-6-8-14(9-7-12)18-15(11-17)13-4-2-1-3-5-13;3-2(4,5)1(6)7/h6-9,13,15,18H,1-5,11,17H2;(H,6,7). The van der Waals surface area contributed by atoms with Gasteiger partial charge in [-0.2, -0.15) is 18.4 Å². The molecule has 0 amide bonds. The Morgan fingerprint density at radius 2 is 1.80 bits per heavy atom. The van der Waals surface area contributed by atoms with E-state index < -0.39 is 12.1 Å². The van der Waals surface area contributed by atoms with Gasteiger partial charge in [-0.05, 0) is 43.0 Å². The minimum Gasteiger partial charge on any atom is -0.475 e. The van der Waals surface area contributed by atoms with Gasteiger partial charge >= 0.3 is 12.1 Å². The first kappa shape index (κ1) is 20.8. The molecule has 0 saturated heterocycles. The van der Waals surface area contributed by atoms with Crippen molar-refractivity contribution in [3.05, 3.63) is 29.8 Å². The van der Waals surface area contributed by atoms with Gasteiger partial charge < -0.3 is 16.2 Å². The van der Waals surface area contributed by atoms with Crippen molar-refractivity contribution < 1.29 is 23.1 Å². The predicted molar refractivity (Wildman–Crippen MR) is 87.9 cm³/mol. The highest BCUT2D eigenvalue weighted by Crippen LogP contribution is 2.27. The van der Waals surface area contributed by atoms with Crippen LogP contribution in [0.15, 0.2) is 24.3 Å². The number of carbonyl (C=O) groups is 1. The van der Waals surface area contributed by atoms with Crippen molar-refractivity contribution in [2.45, 2.75) is 44.3 Å². The molecule has 1 aliphatic rings. The fraction of sp³-hybridized carbons (Fsp3) is 0.529. The molecule has 0 spiro atoms. The average Bonchev–Trinajstić information content (AvgIpc) is 2.60. The van der Waals surface area contributed by atoms with E-state index in [0.717, 1.165) is 5.69 Å². The summed E-state index contributed by atoms with van der Waals surface area (Å²) in [4.78, 5) is 8.90. The first-order valence-corrected chi connectivity index (χ1v) is 8.04. The third-order valence-corrected chi connectivity index (χ3v) is 4.08. The molecule has 1 saturated carbocycles. The van der Waals surface area contributed by atoms with E-state index in [1.807, 2.05) is 24.3 Å². The van der Waals surface area contributed by atoms with Crippen molar-refractivity contribution in [1.82, 2.24) is 0 Å². The lowest BCUT2D eigenvalue weighted by atomic mass is 9.84. The molecule has 1 atom stereocenters. The molecule has 0 aromatic heterocycles. The second-order valence-electron chi connectivity index (χ2n) is 5.88. The molecule has 1 aliphatic carbocycles. The number of benzene rings is 1. The number of aliphatic carboxylic acids is 1. The van der Waals surface area contributed by atoms with E-state index in [-0.39, 0.29) is 0 Å². The molecule has 0 radical (unpaired) electrons. The summed E-state index contributed by atoms with van der Waals surface area (Å²) in [5.74, 6) is -2.06. The largest absolute Gasteiger partial charge is 0.490 e. The van der Waals surface area contributed by atoms with E-state index in [9.17, 15) is 13.2 Å². The predicted octanol–water partition coefficient (Wildman–Crippen LogP) is 3.51. The number of carboxylic acids is 1. The number of nitrogens with one attached hydrogen (secondary N) is 1. The molecule has 0 aliphatic heterocycles. The Morgan fingerprint density at radius 1 is 1.28 bits per heavy atom. The Bertz CT molecular complexity index is 576. The first-order chi connectivity index (χ1) is 11.8. The topological polar surface area (TPSA) is 99.1 Å². The highest BCUT2D eigenvalue weighted by molar-refractivity contribution is 5.73. The van der Waals surface area contributed by atoms with Crippen LogP contribution in [0.25, 0.3) is 0 Å². The number of nitrogens with zero attached hydrogens (tertiary/aromatic N) is 1. The van der Waals surface area contributed by atoms with Crippen molar-refractivity contribution in [2.75, 3.05) is 11.9 Å². The molecule has 25 heavy (non-hydrogen) atoms. The molecule has 0 bridgehead atoms. The molecule has 1 unspecified atom stereocenters. The highest BCUT2D eigenvalue weighted by atomic mass is 19.4. The molecular formula is C17H22F3N3O2. The van der Waals surface area contributed by atoms with Gasteiger partial charge in [0.15, 0.2) is 0 Å². The molecule has 5 nitrogen and oxygen atoms in total. The maximum Gasteiger partial charge on any atom is 0.490 e. The number of nitriles is 1. The molecule has 8 heteroatoms. The SMILES string of the molecule is N#Cc1ccc(NC(CN)C2CCCCC2)cc1.O=C(O)C(F)(F)F. The zero-order valence-electron chi connectivity index (χ0n) is 13.7. The minimum absolute atomic E-state index is 0.359. The number of hydrogen-bond donors (Lipinski definition) is 3. The second kappa shape index (κ2) is 9.89. The molecule has 2 rings (SSSR count). The minimum atomic E-state index is -5.08. The van der Waals surface area contributed by atoms with Gasteiger partial charge in [0.2, 0.25) is 0 Å². The summed E-state index contributed by atoms with van der Waals surface area (Å²) in [7, 11) is 0. The maximum absolute atomic E-state index is 10.6. The fourth-order valence-corrected chi connectivity index (χ4v) is 2.76. The molecule has 0 heterocycles. The van der Waals surface area contributed by atoms with Crippen molar-refractivity contribution in [2.24, 2.45) is 11.7 Å². The summed E-state index contributed by atoms with van der Waals surface area (Å²) in [6.45, 7) is 0.671. The van der Waals surface area contributed by atoms with Crippen molar-refractivity contribution in [3.8, 4) is 6.07 Å². The van der Waals surface area contributed by atoms with E-state index >= 15 is 0 Å². The summed E-state index contributed by atoms with van der Waals surface area (Å²) >= 11 is 0. The highest BCUT2D eigenvalue weighted by Gasteiger charge is 2.38. The zero-order chi connectivity index (χ0) is 18.9. The van der Waals surface area contributed by atoms with Crippen LogP contribution in [-0.4, -0.2) is 29.8 Å². The summed E-state index contributed by atoms with van der Waals surface area (Å²) in [5, 5.41) is 19.4. The van der Waals surface area contributed by atoms with Crippen molar-refractivity contribution >= 4 is 11.7 Å². The van der Waals surface area contributed by atoms with E-state index in [0.29, 0.717) is 24.1 Å². The third kappa shape index (κ3) is 7.44. The van der Waals surface area contributed by atoms with E-state index in [2.05, 4.69) is 11.4 Å². The number of nitrogens with two attached hydrogens (primary N) is 1. The van der Waals surface area contributed by atoms with E-state index in [4.69, 9.17) is 20.9 Å². The zero-order valence-corrected chi connectivity index (χ0v) is 13.7. The van der Waals surface area contributed by atoms with Crippen LogP contribution in [0.2, 0.25) is 0 Å². The average molecular weight is 357 g/mol. The van der Waals surface area contributed by atoms with Gasteiger partial charge in [-0.1, -0.05) is 19.3 Å². The van der Waals surface area contributed by atoms with Gasteiger partial charge in [0.05, 0.1) is 11.6 Å². The Kier molecular flexibility index (Phi) is 8.22. The van der Waals surface area contributed by atoms with Crippen LogP contribution in [0.5, 0.6) is 0 Å². The van der Waals surface area contributed by atoms with Gasteiger partial charge in [-0.25, -0.2) is 4.79 Å². The molecule has 1 aromatic rings. The Labute approximate surface area is 144 Å². The van der Waals surface area contributed by atoms with Crippen molar-refractivity contribution in [1.29, 1.82) is 5.26 Å². The van der Waals surface area contributed by atoms with Gasteiger partial charge in [-0.3, -0.25) is 0 Å². The Hall–Kier alpha value is -2.27. The number of halogens is 3. The number of rotatable bonds is 4. The molecule has 138 valence electrons. The quantitative estimate of drug-likeness (QED) is 0.766. The van der Waals surface area contributed by atoms with Crippen LogP contribution in [0, 0.1) is 17.2 Å². The van der Waals surface area contributed by atoms with Gasteiger partial charge in [0.1, 0.15) is 0 Å². The summed E-state index contributed by atoms with van der Waals surface area (Å²) in [5.41, 5.74) is 7.65. The van der Waals surface area contributed by atoms with Crippen LogP contribution >= 0.6 is 0 Å². The Morgan fingerprint density at radius 3 is 2.20 bits per heavy atom. The van der Waals surface area contributed by atoms with Crippen LogP contribution < -0.4 is 11.1 Å². The second-order valence-corrected chi connectivity index (χ2v) is 5.88. The van der Waals surface area contributed by atoms with Gasteiger partial charge in [0, 0.05) is 18.3 Å². The van der Waals surface area contributed by atoms with Crippen LogP contribution in [0.1, 0.15) is 37.7 Å². The number of alkyl halides is 3. The molecule has 1 aromatic carbocycles. The normalized spacial score (nSPS) is 16.1. The number of hydrogen-bond acceptors (Lipinski definition) is 4. The smallest absolute Gasteiger partial charge is 0.475 e. The fourth-order valence-electron chi connectivity index (χ4n) is 2.76. The lowest BCUT2D eigenvalue weighted by Gasteiger charge is -2.30. The lowest BCUT2D eigenvalue weighted by Crippen LogP contribution is -2.37. The molecule has 1 fully saturated rings. The first-order valence-electron chi connectivity index (χ1n) is 8.04. The summed E-state index contributed by atoms with van der Waals surface area (Å²) < 4.78 is 31.7. The summed E-state index contributed by atoms with van der Waals surface area (Å²) in [6, 6.07) is 10.1. The molecule has 4 N–H and O–H groups in total. The third-order valence-electron chi connectivity index (χ3n) is 4.08. The number of anilines is 1. The van der Waals surface area contributed by atoms with E-state index in [1.165, 1.54) is 32.1 Å². The number of carboxylic acid groups (broad SMARTS) is 1. The van der Waals surface area contributed by atoms with Crippen LogP contribution in [-0.2, 0) is 4.79 Å². The lowest BCUT2D eigenvalue weighted by molar-refractivity contribution is -0.192. The molecular weight excluding hydrogens is 335 g/mol. The van der Waals surface area contributed by atoms with Crippen molar-refractivity contribution in [3.63, 3.8) is 0 Å². The van der Waals surface area contributed by atoms with Crippen LogP contribution in [0.4, 0.5) is 18.9 Å². The van der Waals surface area contributed by atoms with E-state index in [1.54, 1.807) is 0 Å². The monoisotopic (exact) mass is 357 g/mol. The summed E-state index contributed by atoms with van der Waals surface area (Å²) in [6.07, 6.45) is 1.51.